The lowest BCUT2D eigenvalue weighted by Gasteiger charge is -2.51. The number of benzene rings is 1. The van der Waals surface area contributed by atoms with Gasteiger partial charge in [-0.1, -0.05) is 0 Å². The minimum Gasteiger partial charge on any atom is -0.508 e. The topological polar surface area (TPSA) is 55.7 Å². The largest absolute Gasteiger partial charge is 0.508 e. The summed E-state index contributed by atoms with van der Waals surface area (Å²) in [4.78, 5) is 1.96. The highest BCUT2D eigenvalue weighted by Gasteiger charge is 2.44. The van der Waals surface area contributed by atoms with Gasteiger partial charge in [0.2, 0.25) is 0 Å². The molecule has 1 aromatic rings. The number of phenols is 2. The summed E-state index contributed by atoms with van der Waals surface area (Å²) in [6.07, 6.45) is 0.787. The highest BCUT2D eigenvalue weighted by atomic mass is 32.1. The smallest absolute Gasteiger partial charge is 0.169 e. The quantitative estimate of drug-likeness (QED) is 0.689. The maximum atomic E-state index is 10.1. The third-order valence-electron chi connectivity index (χ3n) is 3.84. The Labute approximate surface area is 119 Å². The number of nitrogens with one attached hydrogen (secondary N) is 1. The normalized spacial score (nSPS) is 26.1. The molecule has 4 nitrogen and oxygen atoms in total. The fraction of sp³-hybridized carbons (Fsp3) is 0.500. The molecule has 1 heterocycles. The van der Waals surface area contributed by atoms with Crippen LogP contribution in [0.5, 0.6) is 11.5 Å². The summed E-state index contributed by atoms with van der Waals surface area (Å²) in [5.74, 6) is 0.151. The molecule has 5 heteroatoms. The SMILES string of the molecule is CN1C(=S)NC(C)(C)C[C@]1(C)c1ccc(O)cc1O. The van der Waals surface area contributed by atoms with Crippen LogP contribution in [-0.4, -0.2) is 32.8 Å². The molecule has 0 unspecified atom stereocenters. The summed E-state index contributed by atoms with van der Waals surface area (Å²) in [6.45, 7) is 6.22. The standard InChI is InChI=1S/C14H20N2O2S/c1-13(2)8-14(3,16(4)12(19)15-13)10-6-5-9(17)7-11(10)18/h5-7,17-18H,8H2,1-4H3,(H,15,19)/t14-/m1/s1. The van der Waals surface area contributed by atoms with Crippen LogP contribution in [0.25, 0.3) is 0 Å². The van der Waals surface area contributed by atoms with Gasteiger partial charge in [0.1, 0.15) is 11.5 Å². The number of hydrogen-bond donors (Lipinski definition) is 3. The van der Waals surface area contributed by atoms with Crippen LogP contribution >= 0.6 is 12.2 Å². The molecule has 0 spiro atoms. The van der Waals surface area contributed by atoms with E-state index in [1.165, 1.54) is 6.07 Å². The molecule has 2 rings (SSSR count). The summed E-state index contributed by atoms with van der Waals surface area (Å²) < 4.78 is 0. The van der Waals surface area contributed by atoms with Crippen LogP contribution in [0.3, 0.4) is 0 Å². The average molecular weight is 280 g/mol. The van der Waals surface area contributed by atoms with Crippen LogP contribution in [0.1, 0.15) is 32.8 Å². The van der Waals surface area contributed by atoms with Crippen molar-refractivity contribution in [3.8, 4) is 11.5 Å². The van der Waals surface area contributed by atoms with Crippen molar-refractivity contribution < 1.29 is 10.2 Å². The van der Waals surface area contributed by atoms with E-state index in [1.54, 1.807) is 12.1 Å². The molecular formula is C14H20N2O2S. The van der Waals surface area contributed by atoms with Crippen molar-refractivity contribution in [2.75, 3.05) is 7.05 Å². The number of nitrogens with zero attached hydrogens (tertiary/aromatic N) is 1. The zero-order valence-electron chi connectivity index (χ0n) is 11.7. The first-order chi connectivity index (χ1) is 8.66. The Morgan fingerprint density at radius 2 is 1.89 bits per heavy atom. The van der Waals surface area contributed by atoms with Gasteiger partial charge in [0.25, 0.3) is 0 Å². The molecule has 1 fully saturated rings. The number of aromatic hydroxyl groups is 2. The summed E-state index contributed by atoms with van der Waals surface area (Å²) in [7, 11) is 1.91. The molecule has 0 saturated carbocycles. The molecule has 0 aliphatic carbocycles. The van der Waals surface area contributed by atoms with E-state index in [4.69, 9.17) is 12.2 Å². The van der Waals surface area contributed by atoms with E-state index < -0.39 is 5.54 Å². The van der Waals surface area contributed by atoms with Gasteiger partial charge in [0, 0.05) is 24.2 Å². The van der Waals surface area contributed by atoms with Crippen LogP contribution < -0.4 is 5.32 Å². The fourth-order valence-electron chi connectivity index (χ4n) is 2.87. The van der Waals surface area contributed by atoms with E-state index in [2.05, 4.69) is 19.2 Å². The van der Waals surface area contributed by atoms with Gasteiger partial charge < -0.3 is 20.4 Å². The number of rotatable bonds is 1. The molecule has 3 N–H and O–H groups in total. The molecule has 0 radical (unpaired) electrons. The molecule has 1 atom stereocenters. The molecule has 1 aliphatic rings. The zero-order valence-corrected chi connectivity index (χ0v) is 12.5. The van der Waals surface area contributed by atoms with E-state index in [0.29, 0.717) is 5.11 Å². The second kappa shape index (κ2) is 4.27. The zero-order chi connectivity index (χ0) is 14.4. The van der Waals surface area contributed by atoms with Crippen molar-refractivity contribution in [2.45, 2.75) is 38.3 Å². The van der Waals surface area contributed by atoms with Crippen molar-refractivity contribution in [1.29, 1.82) is 0 Å². The number of phenolic OH excluding ortho intramolecular Hbond substituents is 2. The summed E-state index contributed by atoms with van der Waals surface area (Å²) in [6, 6.07) is 4.71. The minimum absolute atomic E-state index is 0.0586. The lowest BCUT2D eigenvalue weighted by Crippen LogP contribution is -2.63. The van der Waals surface area contributed by atoms with Crippen molar-refractivity contribution in [3.63, 3.8) is 0 Å². The highest BCUT2D eigenvalue weighted by Crippen LogP contribution is 2.43. The second-order valence-electron chi connectivity index (χ2n) is 6.03. The van der Waals surface area contributed by atoms with Crippen molar-refractivity contribution >= 4 is 17.3 Å². The first kappa shape index (κ1) is 13.9. The van der Waals surface area contributed by atoms with Gasteiger partial charge in [0.05, 0.1) is 5.54 Å². The number of thiocarbonyl (C=S) groups is 1. The molecule has 1 saturated heterocycles. The van der Waals surface area contributed by atoms with Gasteiger partial charge in [0.15, 0.2) is 5.11 Å². The molecular weight excluding hydrogens is 260 g/mol. The minimum atomic E-state index is -0.413. The van der Waals surface area contributed by atoms with E-state index in [0.717, 1.165) is 12.0 Å². The molecule has 0 amide bonds. The third-order valence-corrected chi connectivity index (χ3v) is 4.21. The predicted octanol–water partition coefficient (Wildman–Crippen LogP) is 2.30. The Morgan fingerprint density at radius 1 is 1.26 bits per heavy atom. The molecule has 1 aromatic carbocycles. The highest BCUT2D eigenvalue weighted by molar-refractivity contribution is 7.80. The van der Waals surface area contributed by atoms with Crippen LogP contribution in [-0.2, 0) is 5.54 Å². The lowest BCUT2D eigenvalue weighted by molar-refractivity contribution is 0.128. The van der Waals surface area contributed by atoms with Gasteiger partial charge in [-0.3, -0.25) is 0 Å². The Balaban J connectivity index is 2.52. The third kappa shape index (κ3) is 2.34. The fourth-order valence-corrected chi connectivity index (χ4v) is 3.35. The Hall–Kier alpha value is -1.49. The lowest BCUT2D eigenvalue weighted by atomic mass is 9.77. The maximum absolute atomic E-state index is 10.1. The van der Waals surface area contributed by atoms with Crippen LogP contribution in [0.4, 0.5) is 0 Å². The molecule has 104 valence electrons. The number of hydrogen-bond acceptors (Lipinski definition) is 3. The van der Waals surface area contributed by atoms with Crippen LogP contribution in [0, 0.1) is 0 Å². The maximum Gasteiger partial charge on any atom is 0.169 e. The average Bonchev–Trinajstić information content (AvgIpc) is 2.24. The summed E-state index contributed by atoms with van der Waals surface area (Å²) in [5, 5.41) is 23.5. The molecule has 0 aromatic heterocycles. The predicted molar refractivity (Wildman–Crippen MR) is 79.3 cm³/mol. The summed E-state index contributed by atoms with van der Waals surface area (Å²) >= 11 is 5.38. The Kier molecular flexibility index (Phi) is 3.13. The Morgan fingerprint density at radius 3 is 2.47 bits per heavy atom. The van der Waals surface area contributed by atoms with Gasteiger partial charge in [-0.2, -0.15) is 0 Å². The molecule has 1 aliphatic heterocycles. The molecule has 19 heavy (non-hydrogen) atoms. The second-order valence-corrected chi connectivity index (χ2v) is 6.41. The van der Waals surface area contributed by atoms with Gasteiger partial charge >= 0.3 is 0 Å². The van der Waals surface area contributed by atoms with E-state index in [-0.39, 0.29) is 17.0 Å². The van der Waals surface area contributed by atoms with Crippen LogP contribution in [0.2, 0.25) is 0 Å². The molecule has 0 bridgehead atoms. The van der Waals surface area contributed by atoms with Gasteiger partial charge in [-0.05, 0) is 51.5 Å². The van der Waals surface area contributed by atoms with E-state index in [1.807, 2.05) is 18.9 Å². The van der Waals surface area contributed by atoms with Crippen molar-refractivity contribution in [2.24, 2.45) is 0 Å². The van der Waals surface area contributed by atoms with Crippen molar-refractivity contribution in [1.82, 2.24) is 10.2 Å². The van der Waals surface area contributed by atoms with Gasteiger partial charge in [-0.15, -0.1) is 0 Å². The van der Waals surface area contributed by atoms with Gasteiger partial charge in [-0.25, -0.2) is 0 Å². The Bertz CT molecular complexity index is 530. The van der Waals surface area contributed by atoms with E-state index in [9.17, 15) is 10.2 Å². The van der Waals surface area contributed by atoms with Crippen molar-refractivity contribution in [3.05, 3.63) is 23.8 Å². The first-order valence-corrected chi connectivity index (χ1v) is 6.65. The van der Waals surface area contributed by atoms with E-state index >= 15 is 0 Å². The van der Waals surface area contributed by atoms with Crippen LogP contribution in [0.15, 0.2) is 18.2 Å². The first-order valence-electron chi connectivity index (χ1n) is 6.24. The monoisotopic (exact) mass is 280 g/mol. The summed E-state index contributed by atoms with van der Waals surface area (Å²) in [5.41, 5.74) is 0.205.